The van der Waals surface area contributed by atoms with E-state index >= 15 is 0 Å². The third-order valence-corrected chi connectivity index (χ3v) is 3.28. The van der Waals surface area contributed by atoms with Gasteiger partial charge in [0.05, 0.1) is 10.7 Å². The molecule has 1 aromatic rings. The second-order valence-electron chi connectivity index (χ2n) is 3.74. The van der Waals surface area contributed by atoms with Crippen LogP contribution in [0.1, 0.15) is 26.7 Å². The molecule has 0 amide bonds. The first kappa shape index (κ1) is 14.6. The van der Waals surface area contributed by atoms with E-state index in [1.54, 1.807) is 18.2 Å². The molecule has 0 fully saturated rings. The summed E-state index contributed by atoms with van der Waals surface area (Å²) in [5.74, 6) is 0. The van der Waals surface area contributed by atoms with E-state index in [2.05, 4.69) is 24.5 Å². The van der Waals surface area contributed by atoms with Crippen LogP contribution in [-0.4, -0.2) is 11.2 Å². The van der Waals surface area contributed by atoms with Crippen LogP contribution < -0.4 is 10.6 Å². The van der Waals surface area contributed by atoms with Gasteiger partial charge in [0.15, 0.2) is 5.11 Å². The SMILES string of the molecule is CCC(CC)NC(=S)Nc1cc(Cl)ccc1Cl. The lowest BCUT2D eigenvalue weighted by Gasteiger charge is -2.18. The Morgan fingerprint density at radius 1 is 1.29 bits per heavy atom. The number of anilines is 1. The van der Waals surface area contributed by atoms with E-state index in [4.69, 9.17) is 35.4 Å². The minimum Gasteiger partial charge on any atom is -0.360 e. The van der Waals surface area contributed by atoms with Crippen LogP contribution in [0.5, 0.6) is 0 Å². The van der Waals surface area contributed by atoms with Crippen molar-refractivity contribution in [1.29, 1.82) is 0 Å². The van der Waals surface area contributed by atoms with Gasteiger partial charge < -0.3 is 10.6 Å². The van der Waals surface area contributed by atoms with Crippen LogP contribution >= 0.6 is 35.4 Å². The minimum atomic E-state index is 0.382. The Kier molecular flexibility index (Phi) is 6.03. The molecule has 1 aromatic carbocycles. The molecule has 0 heterocycles. The number of benzene rings is 1. The summed E-state index contributed by atoms with van der Waals surface area (Å²) in [4.78, 5) is 0. The van der Waals surface area contributed by atoms with Crippen LogP contribution in [0.4, 0.5) is 5.69 Å². The Bertz CT molecular complexity index is 392. The number of rotatable bonds is 4. The number of halogens is 2. The Morgan fingerprint density at radius 2 is 1.94 bits per heavy atom. The molecule has 0 unspecified atom stereocenters. The zero-order valence-electron chi connectivity index (χ0n) is 9.89. The summed E-state index contributed by atoms with van der Waals surface area (Å²) in [6.07, 6.45) is 2.06. The maximum Gasteiger partial charge on any atom is 0.171 e. The molecule has 0 bridgehead atoms. The van der Waals surface area contributed by atoms with Crippen molar-refractivity contribution in [1.82, 2.24) is 5.32 Å². The molecule has 0 aliphatic carbocycles. The zero-order chi connectivity index (χ0) is 12.8. The van der Waals surface area contributed by atoms with Crippen molar-refractivity contribution in [2.24, 2.45) is 0 Å². The lowest BCUT2D eigenvalue weighted by atomic mass is 10.2. The number of hydrogen-bond acceptors (Lipinski definition) is 1. The molecule has 1 rings (SSSR count). The third-order valence-electron chi connectivity index (χ3n) is 2.50. The molecule has 0 spiro atoms. The molecule has 2 nitrogen and oxygen atoms in total. The molecule has 17 heavy (non-hydrogen) atoms. The van der Waals surface area contributed by atoms with E-state index in [-0.39, 0.29) is 0 Å². The predicted octanol–water partition coefficient (Wildman–Crippen LogP) is 4.47. The summed E-state index contributed by atoms with van der Waals surface area (Å²) >= 11 is 17.2. The fourth-order valence-corrected chi connectivity index (χ4v) is 2.04. The highest BCUT2D eigenvalue weighted by Crippen LogP contribution is 2.25. The summed E-state index contributed by atoms with van der Waals surface area (Å²) in [6.45, 7) is 4.24. The lowest BCUT2D eigenvalue weighted by Crippen LogP contribution is -2.36. The van der Waals surface area contributed by atoms with Crippen LogP contribution in [0, 0.1) is 0 Å². The smallest absolute Gasteiger partial charge is 0.171 e. The molecule has 0 saturated carbocycles. The highest BCUT2D eigenvalue weighted by Gasteiger charge is 2.07. The summed E-state index contributed by atoms with van der Waals surface area (Å²) in [5.41, 5.74) is 0.725. The normalized spacial score (nSPS) is 10.4. The van der Waals surface area contributed by atoms with Crippen molar-refractivity contribution in [2.45, 2.75) is 32.7 Å². The number of hydrogen-bond donors (Lipinski definition) is 2. The first-order valence-electron chi connectivity index (χ1n) is 5.59. The summed E-state index contributed by atoms with van der Waals surface area (Å²) in [5, 5.41) is 8.08. The van der Waals surface area contributed by atoms with E-state index < -0.39 is 0 Å². The van der Waals surface area contributed by atoms with Gasteiger partial charge in [-0.05, 0) is 43.3 Å². The van der Waals surface area contributed by atoms with Gasteiger partial charge in [-0.1, -0.05) is 37.0 Å². The molecule has 5 heteroatoms. The lowest BCUT2D eigenvalue weighted by molar-refractivity contribution is 0.573. The maximum absolute atomic E-state index is 6.04. The molecule has 0 saturated heterocycles. The van der Waals surface area contributed by atoms with Crippen molar-refractivity contribution >= 4 is 46.2 Å². The van der Waals surface area contributed by atoms with Crippen LogP contribution in [0.25, 0.3) is 0 Å². The molecule has 0 aliphatic rings. The first-order chi connectivity index (χ1) is 8.06. The Labute approximate surface area is 118 Å². The predicted molar refractivity (Wildman–Crippen MR) is 80.2 cm³/mol. The molecular formula is C12H16Cl2N2S. The van der Waals surface area contributed by atoms with Crippen LogP contribution in [0.15, 0.2) is 18.2 Å². The second-order valence-corrected chi connectivity index (χ2v) is 4.99. The Hall–Kier alpha value is -0.510. The summed E-state index contributed by atoms with van der Waals surface area (Å²) < 4.78 is 0. The van der Waals surface area contributed by atoms with Crippen LogP contribution in [0.3, 0.4) is 0 Å². The van der Waals surface area contributed by atoms with Gasteiger partial charge >= 0.3 is 0 Å². The van der Waals surface area contributed by atoms with Gasteiger partial charge in [0.1, 0.15) is 0 Å². The molecule has 0 aromatic heterocycles. The fraction of sp³-hybridized carbons (Fsp3) is 0.417. The fourth-order valence-electron chi connectivity index (χ4n) is 1.43. The highest BCUT2D eigenvalue weighted by atomic mass is 35.5. The van der Waals surface area contributed by atoms with Crippen molar-refractivity contribution in [2.75, 3.05) is 5.32 Å². The molecular weight excluding hydrogens is 275 g/mol. The van der Waals surface area contributed by atoms with E-state index in [0.29, 0.717) is 21.2 Å². The second kappa shape index (κ2) is 7.04. The van der Waals surface area contributed by atoms with E-state index in [9.17, 15) is 0 Å². The molecule has 0 aliphatic heterocycles. The quantitative estimate of drug-likeness (QED) is 0.800. The van der Waals surface area contributed by atoms with E-state index in [0.717, 1.165) is 18.5 Å². The zero-order valence-corrected chi connectivity index (χ0v) is 12.2. The minimum absolute atomic E-state index is 0.382. The molecule has 0 radical (unpaired) electrons. The summed E-state index contributed by atoms with van der Waals surface area (Å²) in [6, 6.07) is 5.62. The molecule has 0 atom stereocenters. The Morgan fingerprint density at radius 3 is 2.53 bits per heavy atom. The molecule has 94 valence electrons. The highest BCUT2D eigenvalue weighted by molar-refractivity contribution is 7.80. The topological polar surface area (TPSA) is 24.1 Å². The van der Waals surface area contributed by atoms with E-state index in [1.165, 1.54) is 0 Å². The van der Waals surface area contributed by atoms with Crippen LogP contribution in [-0.2, 0) is 0 Å². The monoisotopic (exact) mass is 290 g/mol. The standard InChI is InChI=1S/C12H16Cl2N2S/c1-3-9(4-2)15-12(17)16-11-7-8(13)5-6-10(11)14/h5-7,9H,3-4H2,1-2H3,(H2,15,16,17). The van der Waals surface area contributed by atoms with Crippen molar-refractivity contribution in [3.8, 4) is 0 Å². The van der Waals surface area contributed by atoms with E-state index in [1.807, 2.05) is 0 Å². The van der Waals surface area contributed by atoms with Gasteiger partial charge in [0.25, 0.3) is 0 Å². The van der Waals surface area contributed by atoms with Gasteiger partial charge in [0, 0.05) is 11.1 Å². The van der Waals surface area contributed by atoms with Gasteiger partial charge in [0.2, 0.25) is 0 Å². The largest absolute Gasteiger partial charge is 0.360 e. The van der Waals surface area contributed by atoms with Crippen molar-refractivity contribution in [3.63, 3.8) is 0 Å². The number of nitrogens with one attached hydrogen (secondary N) is 2. The molecule has 2 N–H and O–H groups in total. The van der Waals surface area contributed by atoms with Crippen molar-refractivity contribution in [3.05, 3.63) is 28.2 Å². The average Bonchev–Trinajstić information content (AvgIpc) is 2.31. The van der Waals surface area contributed by atoms with Gasteiger partial charge in [-0.15, -0.1) is 0 Å². The summed E-state index contributed by atoms with van der Waals surface area (Å²) in [7, 11) is 0. The third kappa shape index (κ3) is 4.70. The van der Waals surface area contributed by atoms with Gasteiger partial charge in [-0.25, -0.2) is 0 Å². The van der Waals surface area contributed by atoms with Gasteiger partial charge in [-0.3, -0.25) is 0 Å². The first-order valence-corrected chi connectivity index (χ1v) is 6.75. The number of thiocarbonyl (C=S) groups is 1. The van der Waals surface area contributed by atoms with Gasteiger partial charge in [-0.2, -0.15) is 0 Å². The maximum atomic E-state index is 6.04. The van der Waals surface area contributed by atoms with Crippen molar-refractivity contribution < 1.29 is 0 Å². The average molecular weight is 291 g/mol. The van der Waals surface area contributed by atoms with Crippen LogP contribution in [0.2, 0.25) is 10.0 Å². The Balaban J connectivity index is 2.64.